The zero-order chi connectivity index (χ0) is 23.5. The van der Waals surface area contributed by atoms with Crippen molar-refractivity contribution in [1.82, 2.24) is 4.90 Å². The Morgan fingerprint density at radius 2 is 1.33 bits per heavy atom. The molecule has 2 aromatic rings. The van der Waals surface area contributed by atoms with Gasteiger partial charge in [0.05, 0.1) is 0 Å². The van der Waals surface area contributed by atoms with E-state index >= 15 is 0 Å². The number of halogens is 1. The van der Waals surface area contributed by atoms with E-state index < -0.39 is 0 Å². The van der Waals surface area contributed by atoms with Crippen molar-refractivity contribution in [1.29, 1.82) is 0 Å². The molecule has 1 heterocycles. The van der Waals surface area contributed by atoms with Crippen molar-refractivity contribution in [3.8, 4) is 0 Å². The molecule has 1 saturated heterocycles. The lowest BCUT2D eigenvalue weighted by atomic mass is 9.40. The third kappa shape index (κ3) is 4.41. The highest BCUT2D eigenvalue weighted by molar-refractivity contribution is 5.85. The molecule has 0 radical (unpaired) electrons. The van der Waals surface area contributed by atoms with Crippen LogP contribution >= 0.6 is 12.4 Å². The largest absolute Gasteiger partial charge is 0.369 e. The summed E-state index contributed by atoms with van der Waals surface area (Å²) >= 11 is 0. The average molecular weight is 505 g/mol. The molecule has 2 nitrogen and oxygen atoms in total. The maximum absolute atomic E-state index is 2.55. The molecular weight excluding hydrogens is 460 g/mol. The van der Waals surface area contributed by atoms with Gasteiger partial charge in [-0.15, -0.1) is 12.4 Å². The fourth-order valence-electron chi connectivity index (χ4n) is 9.79. The number of nitrogens with zero attached hydrogens (tertiary/aromatic N) is 2. The van der Waals surface area contributed by atoms with Gasteiger partial charge in [0.25, 0.3) is 0 Å². The van der Waals surface area contributed by atoms with E-state index in [0.717, 1.165) is 37.3 Å². The standard InChI is InChI=1S/C33H44N2.ClH/c1-34-14-16-35(17-15-34)31-12-8-26(9-13-31)18-25-6-10-30(11-7-25)33-22-27-19-28(23-33)21-32(20-27,24-33)29-4-2-3-5-29;/h6-13,27-29H,2-5,14-24H2,1H3;1H. The quantitative estimate of drug-likeness (QED) is 0.416. The van der Waals surface area contributed by atoms with Crippen molar-refractivity contribution in [2.24, 2.45) is 23.2 Å². The highest BCUT2D eigenvalue weighted by atomic mass is 35.5. The predicted molar refractivity (Wildman–Crippen MR) is 153 cm³/mol. The lowest BCUT2D eigenvalue weighted by molar-refractivity contribution is -0.102. The number of rotatable bonds is 5. The first-order valence-corrected chi connectivity index (χ1v) is 14.7. The Labute approximate surface area is 225 Å². The molecule has 6 aliphatic rings. The number of piperazine rings is 1. The molecule has 5 aliphatic carbocycles. The lowest BCUT2D eigenvalue weighted by Crippen LogP contribution is -2.56. The molecule has 3 heteroatoms. The molecule has 1 aliphatic heterocycles. The van der Waals surface area contributed by atoms with Crippen LogP contribution in [0.3, 0.4) is 0 Å². The SMILES string of the molecule is CN1CCN(c2ccc(Cc3ccc(C45CC6CC(C4)CC(C4CCCC4)(C6)C5)cc3)cc2)CC1.Cl. The highest BCUT2D eigenvalue weighted by Gasteiger charge is 2.60. The second-order valence-electron chi connectivity index (χ2n) is 13.4. The maximum atomic E-state index is 2.55. The first-order chi connectivity index (χ1) is 17.1. The van der Waals surface area contributed by atoms with Gasteiger partial charge in [-0.2, -0.15) is 0 Å². The van der Waals surface area contributed by atoms with Gasteiger partial charge in [-0.3, -0.25) is 0 Å². The maximum Gasteiger partial charge on any atom is 0.0367 e. The van der Waals surface area contributed by atoms with E-state index in [4.69, 9.17) is 0 Å². The summed E-state index contributed by atoms with van der Waals surface area (Å²) < 4.78 is 0. The second-order valence-corrected chi connectivity index (χ2v) is 13.4. The van der Waals surface area contributed by atoms with Gasteiger partial charge in [-0.1, -0.05) is 49.2 Å². The molecule has 0 spiro atoms. The molecule has 2 aromatic carbocycles. The van der Waals surface area contributed by atoms with E-state index in [0.29, 0.717) is 10.8 Å². The minimum absolute atomic E-state index is 0. The third-order valence-electron chi connectivity index (χ3n) is 11.1. The fourth-order valence-corrected chi connectivity index (χ4v) is 9.79. The van der Waals surface area contributed by atoms with Crippen LogP contribution in [0.15, 0.2) is 48.5 Å². The summed E-state index contributed by atoms with van der Waals surface area (Å²) in [6.07, 6.45) is 16.2. The topological polar surface area (TPSA) is 6.48 Å². The van der Waals surface area contributed by atoms with Crippen LogP contribution in [0.5, 0.6) is 0 Å². The first-order valence-electron chi connectivity index (χ1n) is 14.7. The Bertz CT molecular complexity index is 1020. The van der Waals surface area contributed by atoms with Crippen LogP contribution in [-0.2, 0) is 11.8 Å². The average Bonchev–Trinajstić information content (AvgIpc) is 3.41. The zero-order valence-corrected chi connectivity index (χ0v) is 23.1. The van der Waals surface area contributed by atoms with Crippen molar-refractivity contribution < 1.29 is 0 Å². The Balaban J connectivity index is 0.00000240. The summed E-state index contributed by atoms with van der Waals surface area (Å²) in [5.41, 5.74) is 7.17. The number of benzene rings is 2. The van der Waals surface area contributed by atoms with Crippen LogP contribution in [0, 0.1) is 23.2 Å². The smallest absolute Gasteiger partial charge is 0.0367 e. The number of likely N-dealkylation sites (N-methyl/N-ethyl adjacent to an activating group) is 1. The van der Waals surface area contributed by atoms with Crippen molar-refractivity contribution in [2.45, 2.75) is 76.0 Å². The van der Waals surface area contributed by atoms with E-state index in [-0.39, 0.29) is 12.4 Å². The molecule has 0 aromatic heterocycles. The van der Waals surface area contributed by atoms with Gasteiger partial charge in [0.2, 0.25) is 0 Å². The molecule has 8 rings (SSSR count). The molecular formula is C33H45ClN2. The Hall–Kier alpha value is -1.51. The molecule has 5 saturated carbocycles. The van der Waals surface area contributed by atoms with Gasteiger partial charge < -0.3 is 9.80 Å². The molecule has 6 fully saturated rings. The van der Waals surface area contributed by atoms with Gasteiger partial charge in [0, 0.05) is 31.9 Å². The summed E-state index contributed by atoms with van der Waals surface area (Å²) in [6.45, 7) is 4.61. The molecule has 0 N–H and O–H groups in total. The second kappa shape index (κ2) is 9.66. The van der Waals surface area contributed by atoms with Crippen molar-refractivity contribution in [2.75, 3.05) is 38.1 Å². The predicted octanol–water partition coefficient (Wildman–Crippen LogP) is 7.48. The molecule has 2 unspecified atom stereocenters. The fraction of sp³-hybridized carbons (Fsp3) is 0.636. The van der Waals surface area contributed by atoms with Gasteiger partial charge in [0.1, 0.15) is 0 Å². The van der Waals surface area contributed by atoms with E-state index in [1.54, 1.807) is 24.8 Å². The van der Waals surface area contributed by atoms with E-state index in [9.17, 15) is 0 Å². The normalized spacial score (nSPS) is 34.2. The molecule has 36 heavy (non-hydrogen) atoms. The van der Waals surface area contributed by atoms with Crippen LogP contribution in [0.25, 0.3) is 0 Å². The van der Waals surface area contributed by atoms with Gasteiger partial charge in [0.15, 0.2) is 0 Å². The summed E-state index contributed by atoms with van der Waals surface area (Å²) in [5.74, 6) is 3.06. The lowest BCUT2D eigenvalue weighted by Gasteiger charge is -2.64. The third-order valence-corrected chi connectivity index (χ3v) is 11.1. The van der Waals surface area contributed by atoms with Gasteiger partial charge in [-0.25, -0.2) is 0 Å². The Morgan fingerprint density at radius 3 is 1.94 bits per heavy atom. The monoisotopic (exact) mass is 504 g/mol. The Morgan fingerprint density at radius 1 is 0.750 bits per heavy atom. The van der Waals surface area contributed by atoms with Crippen LogP contribution in [0.2, 0.25) is 0 Å². The summed E-state index contributed by atoms with van der Waals surface area (Å²) in [5, 5.41) is 0. The van der Waals surface area contributed by atoms with Crippen LogP contribution in [0.4, 0.5) is 5.69 Å². The van der Waals surface area contributed by atoms with Crippen molar-refractivity contribution in [3.63, 3.8) is 0 Å². The van der Waals surface area contributed by atoms with E-state index in [2.05, 4.69) is 65.4 Å². The summed E-state index contributed by atoms with van der Waals surface area (Å²) in [6, 6.07) is 19.4. The zero-order valence-electron chi connectivity index (χ0n) is 22.3. The highest BCUT2D eigenvalue weighted by Crippen LogP contribution is 2.69. The van der Waals surface area contributed by atoms with E-state index in [1.807, 2.05) is 0 Å². The number of hydrogen-bond donors (Lipinski definition) is 0. The van der Waals surface area contributed by atoms with E-state index in [1.165, 1.54) is 74.8 Å². The molecule has 4 bridgehead atoms. The molecule has 194 valence electrons. The van der Waals surface area contributed by atoms with Crippen LogP contribution in [0.1, 0.15) is 80.9 Å². The minimum atomic E-state index is 0. The van der Waals surface area contributed by atoms with Gasteiger partial charge in [-0.05, 0) is 122 Å². The minimum Gasteiger partial charge on any atom is -0.369 e. The van der Waals surface area contributed by atoms with Crippen LogP contribution < -0.4 is 4.90 Å². The number of hydrogen-bond acceptors (Lipinski definition) is 2. The number of anilines is 1. The Kier molecular flexibility index (Phi) is 6.66. The van der Waals surface area contributed by atoms with Gasteiger partial charge >= 0.3 is 0 Å². The van der Waals surface area contributed by atoms with Crippen molar-refractivity contribution in [3.05, 3.63) is 65.2 Å². The molecule has 2 atom stereocenters. The summed E-state index contributed by atoms with van der Waals surface area (Å²) in [4.78, 5) is 4.95. The van der Waals surface area contributed by atoms with Crippen LogP contribution in [-0.4, -0.2) is 38.1 Å². The first kappa shape index (κ1) is 24.8. The molecule has 0 amide bonds. The summed E-state index contributed by atoms with van der Waals surface area (Å²) in [7, 11) is 2.22. The van der Waals surface area contributed by atoms with Crippen molar-refractivity contribution >= 4 is 18.1 Å².